The lowest BCUT2D eigenvalue weighted by Gasteiger charge is -2.15. The molecule has 19 heavy (non-hydrogen) atoms. The van der Waals surface area contributed by atoms with E-state index in [0.29, 0.717) is 11.1 Å². The number of nitrogens with one attached hydrogen (secondary N) is 1. The number of ether oxygens (including phenoxy) is 1. The third kappa shape index (κ3) is 2.27. The van der Waals surface area contributed by atoms with Crippen LogP contribution in [0.25, 0.3) is 0 Å². The first-order valence-electron chi connectivity index (χ1n) is 5.92. The first-order valence-corrected chi connectivity index (χ1v) is 5.92. The van der Waals surface area contributed by atoms with Crippen molar-refractivity contribution >= 4 is 0 Å². The van der Waals surface area contributed by atoms with Gasteiger partial charge < -0.3 is 14.9 Å². The van der Waals surface area contributed by atoms with E-state index in [1.54, 1.807) is 19.9 Å². The zero-order valence-corrected chi connectivity index (χ0v) is 10.7. The maximum atomic E-state index is 11.8. The molecule has 0 saturated carbocycles. The largest absolute Gasteiger partial charge is 0.394 e. The number of aromatic amines is 1. The molecule has 0 aromatic carbocycles. The Bertz CT molecular complexity index is 615. The number of allylic oxidation sites excluding steroid dienone is 1. The first kappa shape index (κ1) is 13.7. The number of aryl methyl sites for hydroxylation is 1. The highest BCUT2D eigenvalue weighted by Crippen LogP contribution is 2.32. The Morgan fingerprint density at radius 3 is 2.79 bits per heavy atom. The van der Waals surface area contributed by atoms with Gasteiger partial charge in [-0.3, -0.25) is 14.3 Å². The van der Waals surface area contributed by atoms with E-state index in [1.807, 2.05) is 0 Å². The van der Waals surface area contributed by atoms with E-state index in [4.69, 9.17) is 9.84 Å². The van der Waals surface area contributed by atoms with Crippen LogP contribution in [0.3, 0.4) is 0 Å². The zero-order chi connectivity index (χ0) is 14.2. The minimum absolute atomic E-state index is 0.355. The van der Waals surface area contributed by atoms with Gasteiger partial charge in [-0.05, 0) is 13.8 Å². The normalized spacial score (nSPS) is 29.1. The van der Waals surface area contributed by atoms with Gasteiger partial charge in [0.25, 0.3) is 5.56 Å². The molecule has 1 aliphatic rings. The Hall–Kier alpha value is -1.70. The molecule has 7 nitrogen and oxygen atoms in total. The SMILES string of the molecule is C/C=C1\[C@H](n2cc(C)c(=O)[nH]c2=O)O[C@H](CO)[C@H]1O. The predicted molar refractivity (Wildman–Crippen MR) is 66.8 cm³/mol. The quantitative estimate of drug-likeness (QED) is 0.599. The van der Waals surface area contributed by atoms with Crippen LogP contribution >= 0.6 is 0 Å². The lowest BCUT2D eigenvalue weighted by Crippen LogP contribution is -2.34. The first-order chi connectivity index (χ1) is 8.99. The molecule has 0 aliphatic carbocycles. The van der Waals surface area contributed by atoms with E-state index in [1.165, 1.54) is 10.8 Å². The maximum Gasteiger partial charge on any atom is 0.330 e. The highest BCUT2D eigenvalue weighted by atomic mass is 16.5. The number of aliphatic hydroxyl groups is 2. The summed E-state index contributed by atoms with van der Waals surface area (Å²) in [5.41, 5.74) is -0.237. The van der Waals surface area contributed by atoms with Gasteiger partial charge in [-0.15, -0.1) is 0 Å². The van der Waals surface area contributed by atoms with Crippen molar-refractivity contribution in [1.29, 1.82) is 0 Å². The summed E-state index contributed by atoms with van der Waals surface area (Å²) in [5.74, 6) is 0. The average Bonchev–Trinajstić information content (AvgIpc) is 2.70. The smallest absolute Gasteiger partial charge is 0.330 e. The number of nitrogens with zero attached hydrogens (tertiary/aromatic N) is 1. The number of hydrogen-bond donors (Lipinski definition) is 3. The highest BCUT2D eigenvalue weighted by Gasteiger charge is 2.39. The summed E-state index contributed by atoms with van der Waals surface area (Å²) in [7, 11) is 0. The zero-order valence-electron chi connectivity index (χ0n) is 10.7. The van der Waals surface area contributed by atoms with Crippen LogP contribution in [0.1, 0.15) is 18.7 Å². The van der Waals surface area contributed by atoms with Crippen LogP contribution in [0.15, 0.2) is 27.4 Å². The molecule has 0 bridgehead atoms. The molecular formula is C12H16N2O5. The van der Waals surface area contributed by atoms with Crippen molar-refractivity contribution in [2.24, 2.45) is 0 Å². The summed E-state index contributed by atoms with van der Waals surface area (Å²) < 4.78 is 6.66. The fraction of sp³-hybridized carbons (Fsp3) is 0.500. The van der Waals surface area contributed by atoms with Crippen molar-refractivity contribution in [1.82, 2.24) is 9.55 Å². The molecule has 0 unspecified atom stereocenters. The Morgan fingerprint density at radius 2 is 2.21 bits per heavy atom. The topological polar surface area (TPSA) is 105 Å². The Labute approximate surface area is 108 Å². The third-order valence-electron chi connectivity index (χ3n) is 3.19. The number of rotatable bonds is 2. The van der Waals surface area contributed by atoms with Crippen molar-refractivity contribution < 1.29 is 14.9 Å². The molecular weight excluding hydrogens is 252 g/mol. The summed E-state index contributed by atoms with van der Waals surface area (Å²) in [6, 6.07) is 0. The predicted octanol–water partition coefficient (Wildman–Crippen LogP) is -0.958. The minimum atomic E-state index is -0.973. The monoisotopic (exact) mass is 268 g/mol. The fourth-order valence-electron chi connectivity index (χ4n) is 2.12. The fourth-order valence-corrected chi connectivity index (χ4v) is 2.12. The van der Waals surface area contributed by atoms with Crippen molar-refractivity contribution in [2.75, 3.05) is 6.61 Å². The molecule has 0 spiro atoms. The minimum Gasteiger partial charge on any atom is -0.394 e. The summed E-state index contributed by atoms with van der Waals surface area (Å²) in [6.45, 7) is 2.92. The second kappa shape index (κ2) is 5.12. The standard InChI is InChI=1S/C12H16N2O5/c1-3-7-9(16)8(5-15)19-11(7)14-4-6(2)10(17)13-12(14)18/h3-4,8-9,11,15-16H,5H2,1-2H3,(H,13,17,18)/b7-3-/t8-,9+,11-/m1/s1. The van der Waals surface area contributed by atoms with Crippen molar-refractivity contribution in [3.8, 4) is 0 Å². The molecule has 1 fully saturated rings. The van der Waals surface area contributed by atoms with Gasteiger partial charge >= 0.3 is 5.69 Å². The summed E-state index contributed by atoms with van der Waals surface area (Å²) in [6.07, 6.45) is 0.439. The van der Waals surface area contributed by atoms with Gasteiger partial charge in [0.05, 0.1) is 6.61 Å². The van der Waals surface area contributed by atoms with E-state index in [-0.39, 0.29) is 6.61 Å². The van der Waals surface area contributed by atoms with Crippen LogP contribution in [0.2, 0.25) is 0 Å². The van der Waals surface area contributed by atoms with Crippen molar-refractivity contribution in [2.45, 2.75) is 32.3 Å². The molecule has 2 rings (SSSR count). The Morgan fingerprint density at radius 1 is 1.53 bits per heavy atom. The second-order valence-corrected chi connectivity index (χ2v) is 4.42. The molecule has 0 amide bonds. The van der Waals surface area contributed by atoms with Crippen molar-refractivity contribution in [3.63, 3.8) is 0 Å². The molecule has 1 aromatic heterocycles. The van der Waals surface area contributed by atoms with Gasteiger partial charge in [0, 0.05) is 17.3 Å². The van der Waals surface area contributed by atoms with E-state index in [9.17, 15) is 14.7 Å². The molecule has 0 radical (unpaired) electrons. The van der Waals surface area contributed by atoms with E-state index in [2.05, 4.69) is 4.98 Å². The van der Waals surface area contributed by atoms with Gasteiger partial charge in [0.2, 0.25) is 0 Å². The molecule has 1 aliphatic heterocycles. The lowest BCUT2D eigenvalue weighted by atomic mass is 10.1. The van der Waals surface area contributed by atoms with Crippen LogP contribution < -0.4 is 11.2 Å². The maximum absolute atomic E-state index is 11.8. The van der Waals surface area contributed by atoms with Crippen LogP contribution in [-0.4, -0.2) is 38.6 Å². The van der Waals surface area contributed by atoms with E-state index >= 15 is 0 Å². The molecule has 104 valence electrons. The van der Waals surface area contributed by atoms with E-state index < -0.39 is 29.7 Å². The van der Waals surface area contributed by atoms with Crippen LogP contribution in [0.5, 0.6) is 0 Å². The number of aromatic nitrogens is 2. The summed E-state index contributed by atoms with van der Waals surface area (Å²) >= 11 is 0. The van der Waals surface area contributed by atoms with Gasteiger partial charge in [0.15, 0.2) is 6.23 Å². The van der Waals surface area contributed by atoms with Gasteiger partial charge in [-0.1, -0.05) is 6.08 Å². The molecule has 3 atom stereocenters. The summed E-state index contributed by atoms with van der Waals surface area (Å²) in [5, 5.41) is 19.1. The van der Waals surface area contributed by atoms with Crippen LogP contribution in [-0.2, 0) is 4.74 Å². The average molecular weight is 268 g/mol. The molecule has 1 saturated heterocycles. The summed E-state index contributed by atoms with van der Waals surface area (Å²) in [4.78, 5) is 25.3. The van der Waals surface area contributed by atoms with Gasteiger partial charge in [0.1, 0.15) is 12.2 Å². The van der Waals surface area contributed by atoms with Gasteiger partial charge in [-0.2, -0.15) is 0 Å². The van der Waals surface area contributed by atoms with Crippen LogP contribution in [0, 0.1) is 6.92 Å². The van der Waals surface area contributed by atoms with Crippen LogP contribution in [0.4, 0.5) is 0 Å². The lowest BCUT2D eigenvalue weighted by molar-refractivity contribution is -0.0448. The van der Waals surface area contributed by atoms with E-state index in [0.717, 1.165) is 0 Å². The van der Waals surface area contributed by atoms with Gasteiger partial charge in [-0.25, -0.2) is 4.79 Å². The number of hydrogen-bond acceptors (Lipinski definition) is 5. The Kier molecular flexibility index (Phi) is 3.70. The second-order valence-electron chi connectivity index (χ2n) is 4.42. The Balaban J connectivity index is 2.50. The molecule has 1 aromatic rings. The number of aliphatic hydroxyl groups excluding tert-OH is 2. The molecule has 7 heteroatoms. The highest BCUT2D eigenvalue weighted by molar-refractivity contribution is 5.19. The molecule has 2 heterocycles. The third-order valence-corrected chi connectivity index (χ3v) is 3.19. The molecule has 3 N–H and O–H groups in total. The van der Waals surface area contributed by atoms with Crippen molar-refractivity contribution in [3.05, 3.63) is 44.2 Å². The number of H-pyrrole nitrogens is 1.